The van der Waals surface area contributed by atoms with E-state index in [9.17, 15) is 4.79 Å². The Hall–Kier alpha value is -3.91. The average Bonchev–Trinajstić information content (AvgIpc) is 2.84. The van der Waals surface area contributed by atoms with Gasteiger partial charge in [-0.15, -0.1) is 0 Å². The van der Waals surface area contributed by atoms with Crippen LogP contribution in [0.2, 0.25) is 0 Å². The van der Waals surface area contributed by atoms with E-state index in [1.165, 1.54) is 0 Å². The van der Waals surface area contributed by atoms with Crippen molar-refractivity contribution < 1.29 is 4.79 Å². The molecule has 1 fully saturated rings. The maximum Gasteiger partial charge on any atom is 0.257 e. The number of amides is 1. The number of hydrogen-bond acceptors (Lipinski definition) is 7. The minimum atomic E-state index is -0.219. The molecule has 8 heteroatoms. The molecule has 5 rings (SSSR count). The first-order valence-electron chi connectivity index (χ1n) is 10.5. The van der Waals surface area contributed by atoms with Crippen molar-refractivity contribution in [3.8, 4) is 11.3 Å². The fourth-order valence-corrected chi connectivity index (χ4v) is 3.73. The maximum absolute atomic E-state index is 12.9. The van der Waals surface area contributed by atoms with Crippen LogP contribution in [-0.2, 0) is 0 Å². The van der Waals surface area contributed by atoms with Gasteiger partial charge in [-0.2, -0.15) is 0 Å². The third-order valence-corrected chi connectivity index (χ3v) is 5.60. The molecule has 0 atom stereocenters. The summed E-state index contributed by atoms with van der Waals surface area (Å²) in [4.78, 5) is 35.0. The number of hydrogen-bond donors (Lipinski definition) is 1. The first-order chi connectivity index (χ1) is 15.7. The molecule has 0 unspecified atom stereocenters. The number of likely N-dealkylation sites (N-methyl/N-ethyl adjacent to an activating group) is 1. The molecular weight excluding hydrogens is 402 g/mol. The Morgan fingerprint density at radius 2 is 1.78 bits per heavy atom. The monoisotopic (exact) mass is 425 g/mol. The summed E-state index contributed by atoms with van der Waals surface area (Å²) in [6.45, 7) is 3.75. The summed E-state index contributed by atoms with van der Waals surface area (Å²) in [5.74, 6) is 1.07. The lowest BCUT2D eigenvalue weighted by atomic mass is 10.1. The van der Waals surface area contributed by atoms with Gasteiger partial charge >= 0.3 is 0 Å². The Labute approximate surface area is 186 Å². The van der Waals surface area contributed by atoms with Crippen molar-refractivity contribution in [2.24, 2.45) is 0 Å². The largest absolute Gasteiger partial charge is 0.354 e. The molecule has 8 nitrogen and oxygen atoms in total. The second-order valence-corrected chi connectivity index (χ2v) is 7.85. The van der Waals surface area contributed by atoms with Crippen LogP contribution in [0.3, 0.4) is 0 Å². The van der Waals surface area contributed by atoms with E-state index in [1.54, 1.807) is 30.9 Å². The van der Waals surface area contributed by atoms with E-state index in [2.05, 4.69) is 42.1 Å². The molecule has 32 heavy (non-hydrogen) atoms. The topological polar surface area (TPSA) is 87.1 Å². The van der Waals surface area contributed by atoms with Gasteiger partial charge in [-0.25, -0.2) is 9.97 Å². The van der Waals surface area contributed by atoms with Gasteiger partial charge in [0.05, 0.1) is 17.4 Å². The van der Waals surface area contributed by atoms with Crippen LogP contribution >= 0.6 is 0 Å². The van der Waals surface area contributed by atoms with Crippen LogP contribution in [0.4, 0.5) is 11.6 Å². The van der Waals surface area contributed by atoms with Crippen molar-refractivity contribution in [3.05, 3.63) is 72.8 Å². The smallest absolute Gasteiger partial charge is 0.257 e. The molecule has 4 aromatic rings. The van der Waals surface area contributed by atoms with Gasteiger partial charge in [-0.3, -0.25) is 14.8 Å². The van der Waals surface area contributed by atoms with Gasteiger partial charge in [0.25, 0.3) is 5.91 Å². The van der Waals surface area contributed by atoms with Crippen LogP contribution in [0, 0.1) is 0 Å². The minimum Gasteiger partial charge on any atom is -0.354 e. The molecule has 1 aliphatic heterocycles. The van der Waals surface area contributed by atoms with Crippen molar-refractivity contribution >= 4 is 28.4 Å². The van der Waals surface area contributed by atoms with Crippen molar-refractivity contribution in [2.45, 2.75) is 0 Å². The number of anilines is 2. The molecule has 160 valence electrons. The number of aromatic nitrogens is 4. The van der Waals surface area contributed by atoms with Crippen LogP contribution in [0.1, 0.15) is 10.4 Å². The fourth-order valence-electron chi connectivity index (χ4n) is 3.73. The highest BCUT2D eigenvalue weighted by molar-refractivity contribution is 6.04. The van der Waals surface area contributed by atoms with Crippen molar-refractivity contribution in [2.75, 3.05) is 43.4 Å². The number of piperazine rings is 1. The first kappa shape index (κ1) is 20.0. The maximum atomic E-state index is 12.9. The molecule has 0 bridgehead atoms. The van der Waals surface area contributed by atoms with Gasteiger partial charge < -0.3 is 15.1 Å². The van der Waals surface area contributed by atoms with E-state index in [-0.39, 0.29) is 5.91 Å². The lowest BCUT2D eigenvalue weighted by molar-refractivity contribution is 0.102. The molecule has 0 saturated carbocycles. The van der Waals surface area contributed by atoms with Crippen LogP contribution in [0.5, 0.6) is 0 Å². The van der Waals surface area contributed by atoms with Crippen molar-refractivity contribution in [3.63, 3.8) is 0 Å². The van der Waals surface area contributed by atoms with Gasteiger partial charge in [0.2, 0.25) is 0 Å². The zero-order valence-corrected chi connectivity index (χ0v) is 17.8. The molecule has 0 aliphatic carbocycles. The number of carbonyl (C=O) groups is 1. The zero-order valence-electron chi connectivity index (χ0n) is 17.8. The second-order valence-electron chi connectivity index (χ2n) is 7.85. The molecule has 0 spiro atoms. The molecule has 5 heterocycles. The van der Waals surface area contributed by atoms with Crippen LogP contribution in [0.25, 0.3) is 22.2 Å². The summed E-state index contributed by atoms with van der Waals surface area (Å²) in [6, 6.07) is 13.1. The van der Waals surface area contributed by atoms with Crippen LogP contribution in [0.15, 0.2) is 67.3 Å². The standard InChI is InChI=1S/C24H23N7O/c1-30-8-10-31(11-9-30)23-14-17(5-7-26-23)24(32)29-22-13-18-12-19(15-27-21(18)16-28-22)20-4-2-3-6-25-20/h2-7,12-16H,8-11H2,1H3,(H,28,29,32). The minimum absolute atomic E-state index is 0.219. The van der Waals surface area contributed by atoms with Gasteiger partial charge in [0, 0.05) is 61.3 Å². The molecule has 1 amide bonds. The molecule has 1 N–H and O–H groups in total. The molecule has 0 aromatic carbocycles. The van der Waals surface area contributed by atoms with E-state index in [1.807, 2.05) is 36.4 Å². The Balaban J connectivity index is 1.36. The molecule has 0 radical (unpaired) electrons. The molecule has 1 saturated heterocycles. The highest BCUT2D eigenvalue weighted by atomic mass is 16.1. The predicted molar refractivity (Wildman–Crippen MR) is 125 cm³/mol. The quantitative estimate of drug-likeness (QED) is 0.538. The first-order valence-corrected chi connectivity index (χ1v) is 10.5. The number of nitrogens with zero attached hydrogens (tertiary/aromatic N) is 6. The fraction of sp³-hybridized carbons (Fsp3) is 0.208. The zero-order chi connectivity index (χ0) is 21.9. The van der Waals surface area contributed by atoms with E-state index in [0.29, 0.717) is 11.4 Å². The summed E-state index contributed by atoms with van der Waals surface area (Å²) in [6.07, 6.45) is 6.87. The highest BCUT2D eigenvalue weighted by Crippen LogP contribution is 2.23. The third-order valence-electron chi connectivity index (χ3n) is 5.60. The second kappa shape index (κ2) is 8.68. The molecular formula is C24H23N7O. The van der Waals surface area contributed by atoms with Gasteiger partial charge in [0.1, 0.15) is 11.6 Å². The Kier molecular flexibility index (Phi) is 5.43. The van der Waals surface area contributed by atoms with Gasteiger partial charge in [-0.1, -0.05) is 6.07 Å². The lowest BCUT2D eigenvalue weighted by Crippen LogP contribution is -2.44. The summed E-state index contributed by atoms with van der Waals surface area (Å²) >= 11 is 0. The van der Waals surface area contributed by atoms with Gasteiger partial charge in [0.15, 0.2) is 0 Å². The highest BCUT2D eigenvalue weighted by Gasteiger charge is 2.17. The van der Waals surface area contributed by atoms with E-state index < -0.39 is 0 Å². The lowest BCUT2D eigenvalue weighted by Gasteiger charge is -2.33. The number of nitrogens with one attached hydrogen (secondary N) is 1. The molecule has 4 aromatic heterocycles. The van der Waals surface area contributed by atoms with Crippen LogP contribution in [-0.4, -0.2) is 64.0 Å². The van der Waals surface area contributed by atoms with E-state index in [0.717, 1.165) is 54.2 Å². The van der Waals surface area contributed by atoms with E-state index >= 15 is 0 Å². The van der Waals surface area contributed by atoms with Gasteiger partial charge in [-0.05, 0) is 43.4 Å². The molecule has 1 aliphatic rings. The third kappa shape index (κ3) is 4.26. The Bertz CT molecular complexity index is 1250. The summed E-state index contributed by atoms with van der Waals surface area (Å²) < 4.78 is 0. The number of pyridine rings is 4. The van der Waals surface area contributed by atoms with Crippen molar-refractivity contribution in [1.82, 2.24) is 24.8 Å². The summed E-state index contributed by atoms with van der Waals surface area (Å²) in [5, 5.41) is 3.78. The number of carbonyl (C=O) groups excluding carboxylic acids is 1. The van der Waals surface area contributed by atoms with Crippen molar-refractivity contribution in [1.29, 1.82) is 0 Å². The number of rotatable bonds is 4. The summed E-state index contributed by atoms with van der Waals surface area (Å²) in [5.41, 5.74) is 3.06. The number of fused-ring (bicyclic) bond motifs is 1. The average molecular weight is 425 g/mol. The Morgan fingerprint density at radius 3 is 2.59 bits per heavy atom. The van der Waals surface area contributed by atoms with Crippen LogP contribution < -0.4 is 10.2 Å². The SMILES string of the molecule is CN1CCN(c2cc(C(=O)Nc3cc4cc(-c5ccccn5)cnc4cn3)ccn2)CC1. The summed E-state index contributed by atoms with van der Waals surface area (Å²) in [7, 11) is 2.11. The predicted octanol–water partition coefficient (Wildman–Crippen LogP) is 3.09. The van der Waals surface area contributed by atoms with E-state index in [4.69, 9.17) is 0 Å². The Morgan fingerprint density at radius 1 is 0.906 bits per heavy atom. The normalized spacial score (nSPS) is 14.5.